The Balaban J connectivity index is 0.765. The molecule has 10 aliphatic rings. The van der Waals surface area contributed by atoms with Crippen LogP contribution in [-0.2, 0) is 14.9 Å². The molecule has 0 amide bonds. The minimum Gasteiger partial charge on any atom is -0.370 e. The molecule has 0 spiro atoms. The summed E-state index contributed by atoms with van der Waals surface area (Å²) >= 11 is 0. The topological polar surface area (TPSA) is 21.7 Å². The van der Waals surface area contributed by atoms with Gasteiger partial charge in [0.2, 0.25) is 0 Å². The first-order valence-electron chi connectivity index (χ1n) is 26.2. The third kappa shape index (κ3) is 7.56. The molecule has 340 valence electrons. The van der Waals surface area contributed by atoms with E-state index in [1.165, 1.54) is 78.4 Å². The van der Waals surface area contributed by atoms with Gasteiger partial charge in [-0.15, -0.1) is 0 Å². The first-order valence-corrected chi connectivity index (χ1v) is 26.2. The molecular formula is C63H71NO2. The molecule has 0 bridgehead atoms. The summed E-state index contributed by atoms with van der Waals surface area (Å²) in [5.74, 6) is 3.04. The lowest BCUT2D eigenvalue weighted by molar-refractivity contribution is -0.0629. The molecule has 12 rings (SSSR count). The highest BCUT2D eigenvalue weighted by Gasteiger charge is 2.56. The Labute approximate surface area is 395 Å². The van der Waals surface area contributed by atoms with Crippen LogP contribution in [0.3, 0.4) is 0 Å². The van der Waals surface area contributed by atoms with Gasteiger partial charge < -0.3 is 14.4 Å². The lowest BCUT2D eigenvalue weighted by atomic mass is 9.65. The summed E-state index contributed by atoms with van der Waals surface area (Å²) in [5, 5.41) is 0. The average Bonchev–Trinajstić information content (AvgIpc) is 3.90. The second-order valence-electron chi connectivity index (χ2n) is 22.2. The van der Waals surface area contributed by atoms with Crippen LogP contribution in [0.4, 0.5) is 0 Å². The second kappa shape index (κ2) is 17.4. The van der Waals surface area contributed by atoms with Crippen molar-refractivity contribution < 1.29 is 9.47 Å². The summed E-state index contributed by atoms with van der Waals surface area (Å²) in [7, 11) is 0. The van der Waals surface area contributed by atoms with E-state index in [0.717, 1.165) is 44.4 Å². The Hall–Kier alpha value is -4.70. The van der Waals surface area contributed by atoms with Crippen molar-refractivity contribution in [1.82, 2.24) is 4.90 Å². The zero-order valence-corrected chi connectivity index (χ0v) is 39.7. The van der Waals surface area contributed by atoms with E-state index in [4.69, 9.17) is 9.47 Å². The fourth-order valence-corrected chi connectivity index (χ4v) is 14.8. The van der Waals surface area contributed by atoms with Crippen molar-refractivity contribution in [2.75, 3.05) is 0 Å². The zero-order valence-electron chi connectivity index (χ0n) is 39.7. The summed E-state index contributed by atoms with van der Waals surface area (Å²) < 4.78 is 13.7. The Bertz CT molecular complexity index is 2540. The normalized spacial score (nSPS) is 38.7. The summed E-state index contributed by atoms with van der Waals surface area (Å²) in [6.45, 7) is 7.36. The van der Waals surface area contributed by atoms with E-state index in [0.29, 0.717) is 47.8 Å². The minimum absolute atomic E-state index is 0.0978. The predicted molar refractivity (Wildman–Crippen MR) is 272 cm³/mol. The number of nitrogens with zero attached hydrogens (tertiary/aromatic N) is 1. The van der Waals surface area contributed by atoms with Gasteiger partial charge in [-0.2, -0.15) is 0 Å². The van der Waals surface area contributed by atoms with Crippen LogP contribution in [-0.4, -0.2) is 40.9 Å². The van der Waals surface area contributed by atoms with Gasteiger partial charge in [0, 0.05) is 29.5 Å². The molecule has 13 atom stereocenters. The Kier molecular flexibility index (Phi) is 11.3. The fraction of sp³-hybridized carbons (Fsp3) is 0.460. The van der Waals surface area contributed by atoms with Crippen LogP contribution in [0, 0.1) is 29.6 Å². The number of allylic oxidation sites excluding steroid dienone is 13. The predicted octanol–water partition coefficient (Wildman–Crippen LogP) is 14.7. The molecule has 3 nitrogen and oxygen atoms in total. The van der Waals surface area contributed by atoms with E-state index in [2.05, 4.69) is 177 Å². The third-order valence-corrected chi connectivity index (χ3v) is 18.5. The Morgan fingerprint density at radius 1 is 0.712 bits per heavy atom. The standard InChI is InChI=1S/C63H71NO2/c1-42-41-47(53-17-11-18-55-54-15-7-9-21-59(54)65-61(53)55)31-36-52(42)45-29-34-50(35-30-45)64(51-37-39-62(2,40-38-51)48-13-5-4-6-14-48)49-32-27-44(28-33-49)43-23-25-46(26-24-43)57-19-12-20-58-56-16-8-10-22-60(56)66-63(57,58)3/h4-7,9,11-15,17-19,21,23-29,31-32,36-37,42,49-50,54-61H,8,10,16,20,22,30,33-35,38-41H2,1-3H3/t42?,49?,50?,54?,55?,56-,57?,58?,59+,60-,61-,62?,63?/m1/s1. The lowest BCUT2D eigenvalue weighted by Gasteiger charge is -2.45. The van der Waals surface area contributed by atoms with E-state index in [9.17, 15) is 0 Å². The van der Waals surface area contributed by atoms with E-state index in [-0.39, 0.29) is 23.2 Å². The van der Waals surface area contributed by atoms with Crippen molar-refractivity contribution in [3.05, 3.63) is 196 Å². The fourth-order valence-electron chi connectivity index (χ4n) is 14.8. The van der Waals surface area contributed by atoms with Crippen molar-refractivity contribution in [3.8, 4) is 0 Å². The van der Waals surface area contributed by atoms with Crippen molar-refractivity contribution in [2.45, 2.75) is 152 Å². The summed E-state index contributed by atoms with van der Waals surface area (Å²) in [6, 6.07) is 21.7. The van der Waals surface area contributed by atoms with Crippen LogP contribution >= 0.6 is 0 Å². The quantitative estimate of drug-likeness (QED) is 0.247. The van der Waals surface area contributed by atoms with Gasteiger partial charge >= 0.3 is 0 Å². The molecule has 2 heterocycles. The van der Waals surface area contributed by atoms with E-state index < -0.39 is 0 Å². The van der Waals surface area contributed by atoms with E-state index in [1.54, 1.807) is 16.8 Å². The number of hydrogen-bond acceptors (Lipinski definition) is 3. The molecule has 9 unspecified atom stereocenters. The summed E-state index contributed by atoms with van der Waals surface area (Å²) in [4.78, 5) is 2.89. The number of fused-ring (bicyclic) bond motifs is 6. The summed E-state index contributed by atoms with van der Waals surface area (Å²) in [6.07, 6.45) is 54.8. The van der Waals surface area contributed by atoms with Gasteiger partial charge in [-0.1, -0.05) is 179 Å². The average molecular weight is 874 g/mol. The molecule has 2 saturated heterocycles. The first kappa shape index (κ1) is 42.6. The van der Waals surface area contributed by atoms with E-state index >= 15 is 0 Å². The minimum atomic E-state index is -0.0978. The summed E-state index contributed by atoms with van der Waals surface area (Å²) in [5.41, 5.74) is 13.2. The second-order valence-corrected chi connectivity index (χ2v) is 22.2. The molecule has 8 aliphatic carbocycles. The van der Waals surface area contributed by atoms with Gasteiger partial charge in [-0.3, -0.25) is 0 Å². The van der Waals surface area contributed by atoms with Crippen LogP contribution in [0.25, 0.3) is 5.57 Å². The van der Waals surface area contributed by atoms with Gasteiger partial charge in [-0.25, -0.2) is 0 Å². The monoisotopic (exact) mass is 874 g/mol. The number of benzene rings is 2. The molecule has 66 heavy (non-hydrogen) atoms. The highest BCUT2D eigenvalue weighted by Crippen LogP contribution is 2.56. The first-order chi connectivity index (χ1) is 32.3. The van der Waals surface area contributed by atoms with Gasteiger partial charge in [0.25, 0.3) is 0 Å². The molecule has 0 N–H and O–H groups in total. The SMILES string of the molecule is CC1CC(C2=CC=CC3C4C=CC=C[C@@H]4O[C@H]23)=CC=C1C1=CCC(N(C2=CCC(C)(c3ccccc3)CC2)C2C=CC(c3ccc(C4C=CCC5[C@H]6CCCC[C@H]6OC45C)cc3)=CC2)CC1. The molecule has 1 saturated carbocycles. The molecule has 0 radical (unpaired) electrons. The molecule has 2 aromatic carbocycles. The van der Waals surface area contributed by atoms with Crippen LogP contribution in [0.5, 0.6) is 0 Å². The number of hydrogen-bond donors (Lipinski definition) is 0. The molecule has 2 aliphatic heterocycles. The number of rotatable bonds is 8. The molecule has 3 heteroatoms. The Morgan fingerprint density at radius 3 is 2.35 bits per heavy atom. The highest BCUT2D eigenvalue weighted by molar-refractivity contribution is 5.75. The van der Waals surface area contributed by atoms with Crippen LogP contribution in [0.15, 0.2) is 180 Å². The maximum Gasteiger partial charge on any atom is 0.0905 e. The van der Waals surface area contributed by atoms with Gasteiger partial charge in [-0.05, 0) is 145 Å². The third-order valence-electron chi connectivity index (χ3n) is 18.5. The van der Waals surface area contributed by atoms with Gasteiger partial charge in [0.05, 0.1) is 30.0 Å². The van der Waals surface area contributed by atoms with Crippen LogP contribution < -0.4 is 0 Å². The molecule has 2 aromatic rings. The van der Waals surface area contributed by atoms with Crippen molar-refractivity contribution in [2.24, 2.45) is 29.6 Å². The van der Waals surface area contributed by atoms with Gasteiger partial charge in [0.15, 0.2) is 0 Å². The maximum atomic E-state index is 7.03. The van der Waals surface area contributed by atoms with Crippen LogP contribution in [0.1, 0.15) is 127 Å². The van der Waals surface area contributed by atoms with Crippen molar-refractivity contribution in [1.29, 1.82) is 0 Å². The van der Waals surface area contributed by atoms with Crippen LogP contribution in [0.2, 0.25) is 0 Å². The zero-order chi connectivity index (χ0) is 44.4. The van der Waals surface area contributed by atoms with Crippen molar-refractivity contribution >= 4 is 5.57 Å². The molecule has 0 aromatic heterocycles. The molecular weight excluding hydrogens is 803 g/mol. The smallest absolute Gasteiger partial charge is 0.0905 e. The highest BCUT2D eigenvalue weighted by atomic mass is 16.5. The van der Waals surface area contributed by atoms with Gasteiger partial charge in [0.1, 0.15) is 0 Å². The maximum absolute atomic E-state index is 7.03. The van der Waals surface area contributed by atoms with E-state index in [1.807, 2.05) is 0 Å². The molecule has 3 fully saturated rings. The largest absolute Gasteiger partial charge is 0.370 e. The Morgan fingerprint density at radius 2 is 1.56 bits per heavy atom. The van der Waals surface area contributed by atoms with Crippen molar-refractivity contribution in [3.63, 3.8) is 0 Å². The number of ether oxygens (including phenoxy) is 2. The lowest BCUT2D eigenvalue weighted by Crippen LogP contribution is -2.44.